The number of carbonyl (C=O) groups is 2. The van der Waals surface area contributed by atoms with Crippen LogP contribution in [0.5, 0.6) is 0 Å². The summed E-state index contributed by atoms with van der Waals surface area (Å²) in [6, 6.07) is 3.30. The highest BCUT2D eigenvalue weighted by Gasteiger charge is 2.11. The van der Waals surface area contributed by atoms with Gasteiger partial charge in [-0.25, -0.2) is 4.79 Å². The third-order valence-electron chi connectivity index (χ3n) is 2.86. The number of amides is 1. The van der Waals surface area contributed by atoms with Crippen LogP contribution in [0.1, 0.15) is 27.2 Å². The number of hydrogen-bond acceptors (Lipinski definition) is 4. The normalized spacial score (nSPS) is 10.7. The van der Waals surface area contributed by atoms with Gasteiger partial charge in [0.2, 0.25) is 0 Å². The van der Waals surface area contributed by atoms with Crippen molar-refractivity contribution in [3.63, 3.8) is 0 Å². The lowest BCUT2D eigenvalue weighted by molar-refractivity contribution is -0.131. The smallest absolute Gasteiger partial charge is 0.328 e. The second-order valence-electron chi connectivity index (χ2n) is 4.38. The summed E-state index contributed by atoms with van der Waals surface area (Å²) in [7, 11) is 0. The first-order valence-corrected chi connectivity index (χ1v) is 7.18. The fraction of sp³-hybridized carbons (Fsp3) is 0.133. The molecule has 0 fully saturated rings. The molecular formula is C15H14N2O3S. The van der Waals surface area contributed by atoms with Crippen molar-refractivity contribution in [1.82, 2.24) is 10.3 Å². The number of carboxylic acid groups (broad SMARTS) is 1. The number of thiophene rings is 1. The third-order valence-corrected chi connectivity index (χ3v) is 3.77. The van der Waals surface area contributed by atoms with Gasteiger partial charge in [-0.05, 0) is 41.0 Å². The zero-order chi connectivity index (χ0) is 15.2. The van der Waals surface area contributed by atoms with Gasteiger partial charge in [-0.15, -0.1) is 0 Å². The van der Waals surface area contributed by atoms with Gasteiger partial charge >= 0.3 is 5.97 Å². The molecule has 5 nitrogen and oxygen atoms in total. The average Bonchev–Trinajstić information content (AvgIpc) is 2.88. The SMILES string of the molecule is Cc1cscc1CNC(=O)c1ncccc1/C=C/C(=O)O. The van der Waals surface area contributed by atoms with Crippen molar-refractivity contribution in [1.29, 1.82) is 0 Å². The van der Waals surface area contributed by atoms with Crippen molar-refractivity contribution >= 4 is 29.3 Å². The van der Waals surface area contributed by atoms with Gasteiger partial charge in [-0.3, -0.25) is 9.78 Å². The number of nitrogens with zero attached hydrogens (tertiary/aromatic N) is 1. The van der Waals surface area contributed by atoms with E-state index in [1.807, 2.05) is 17.7 Å². The molecule has 1 amide bonds. The molecule has 108 valence electrons. The van der Waals surface area contributed by atoms with Gasteiger partial charge in [-0.1, -0.05) is 6.07 Å². The van der Waals surface area contributed by atoms with E-state index in [0.29, 0.717) is 12.1 Å². The Balaban J connectivity index is 2.12. The number of carbonyl (C=O) groups excluding carboxylic acids is 1. The summed E-state index contributed by atoms with van der Waals surface area (Å²) in [5, 5.41) is 15.5. The molecule has 2 N–H and O–H groups in total. The molecule has 0 aliphatic rings. The largest absolute Gasteiger partial charge is 0.478 e. The maximum Gasteiger partial charge on any atom is 0.328 e. The number of carboxylic acids is 1. The minimum atomic E-state index is -1.07. The van der Waals surface area contributed by atoms with Gasteiger partial charge < -0.3 is 10.4 Å². The Bertz CT molecular complexity index is 692. The van der Waals surface area contributed by atoms with Crippen molar-refractivity contribution in [3.8, 4) is 0 Å². The standard InChI is InChI=1S/C15H14N2O3S/c1-10-8-21-9-12(10)7-17-15(20)14-11(3-2-6-16-14)4-5-13(18)19/h2-6,8-9H,7H2,1H3,(H,17,20)(H,18,19)/b5-4+. The van der Waals surface area contributed by atoms with E-state index in [9.17, 15) is 9.59 Å². The zero-order valence-electron chi connectivity index (χ0n) is 11.4. The first-order valence-electron chi connectivity index (χ1n) is 6.24. The summed E-state index contributed by atoms with van der Waals surface area (Å²) >= 11 is 1.58. The fourth-order valence-electron chi connectivity index (χ4n) is 1.73. The highest BCUT2D eigenvalue weighted by Crippen LogP contribution is 2.14. The van der Waals surface area contributed by atoms with Crippen LogP contribution in [0, 0.1) is 6.92 Å². The number of aliphatic carboxylic acids is 1. The first-order chi connectivity index (χ1) is 10.1. The summed E-state index contributed by atoms with van der Waals surface area (Å²) in [5.74, 6) is -1.40. The molecule has 2 rings (SSSR count). The van der Waals surface area contributed by atoms with E-state index in [2.05, 4.69) is 10.3 Å². The van der Waals surface area contributed by atoms with E-state index in [4.69, 9.17) is 5.11 Å². The Morgan fingerprint density at radius 3 is 2.90 bits per heavy atom. The zero-order valence-corrected chi connectivity index (χ0v) is 12.2. The maximum atomic E-state index is 12.2. The van der Waals surface area contributed by atoms with E-state index in [-0.39, 0.29) is 11.6 Å². The van der Waals surface area contributed by atoms with E-state index >= 15 is 0 Å². The summed E-state index contributed by atoms with van der Waals surface area (Å²) in [6.07, 6.45) is 3.85. The number of aryl methyl sites for hydroxylation is 1. The van der Waals surface area contributed by atoms with Crippen molar-refractivity contribution in [2.75, 3.05) is 0 Å². The summed E-state index contributed by atoms with van der Waals surface area (Å²) < 4.78 is 0. The van der Waals surface area contributed by atoms with Gasteiger partial charge in [0.25, 0.3) is 5.91 Å². The van der Waals surface area contributed by atoms with Gasteiger partial charge in [0.05, 0.1) is 0 Å². The maximum absolute atomic E-state index is 12.2. The molecule has 21 heavy (non-hydrogen) atoms. The Hall–Kier alpha value is -2.47. The molecule has 0 aliphatic carbocycles. The topological polar surface area (TPSA) is 79.3 Å². The number of hydrogen-bond donors (Lipinski definition) is 2. The van der Waals surface area contributed by atoms with E-state index in [1.54, 1.807) is 23.5 Å². The lowest BCUT2D eigenvalue weighted by Gasteiger charge is -2.06. The molecule has 2 aromatic rings. The Kier molecular flexibility index (Phi) is 4.84. The van der Waals surface area contributed by atoms with Crippen LogP contribution in [0.25, 0.3) is 6.08 Å². The second-order valence-corrected chi connectivity index (χ2v) is 5.12. The molecular weight excluding hydrogens is 288 g/mol. The number of rotatable bonds is 5. The van der Waals surface area contributed by atoms with Gasteiger partial charge in [0.1, 0.15) is 5.69 Å². The summed E-state index contributed by atoms with van der Waals surface area (Å²) in [4.78, 5) is 26.8. The van der Waals surface area contributed by atoms with Crippen molar-refractivity contribution in [2.24, 2.45) is 0 Å². The molecule has 0 spiro atoms. The molecule has 0 radical (unpaired) electrons. The molecule has 0 unspecified atom stereocenters. The van der Waals surface area contributed by atoms with Crippen LogP contribution < -0.4 is 5.32 Å². The summed E-state index contributed by atoms with van der Waals surface area (Å²) in [5.41, 5.74) is 2.88. The minimum absolute atomic E-state index is 0.211. The van der Waals surface area contributed by atoms with Gasteiger partial charge in [0, 0.05) is 24.4 Å². The van der Waals surface area contributed by atoms with Crippen LogP contribution in [-0.4, -0.2) is 22.0 Å². The molecule has 2 heterocycles. The average molecular weight is 302 g/mol. The quantitative estimate of drug-likeness (QED) is 0.832. The van der Waals surface area contributed by atoms with Crippen LogP contribution in [0.2, 0.25) is 0 Å². The van der Waals surface area contributed by atoms with Crippen LogP contribution in [0.15, 0.2) is 35.2 Å². The highest BCUT2D eigenvalue weighted by atomic mass is 32.1. The van der Waals surface area contributed by atoms with Gasteiger partial charge in [0.15, 0.2) is 0 Å². The number of aromatic nitrogens is 1. The van der Waals surface area contributed by atoms with Crippen LogP contribution in [0.3, 0.4) is 0 Å². The molecule has 0 saturated carbocycles. The molecule has 2 aromatic heterocycles. The van der Waals surface area contributed by atoms with Crippen LogP contribution >= 0.6 is 11.3 Å². The molecule has 0 aliphatic heterocycles. The lowest BCUT2D eigenvalue weighted by Crippen LogP contribution is -2.24. The molecule has 0 atom stereocenters. The molecule has 0 bridgehead atoms. The molecule has 0 aromatic carbocycles. The van der Waals surface area contributed by atoms with E-state index < -0.39 is 5.97 Å². The third kappa shape index (κ3) is 4.00. The predicted molar refractivity (Wildman–Crippen MR) is 81.1 cm³/mol. The molecule has 6 heteroatoms. The Morgan fingerprint density at radius 2 is 2.24 bits per heavy atom. The first kappa shape index (κ1) is 14.9. The Morgan fingerprint density at radius 1 is 1.43 bits per heavy atom. The lowest BCUT2D eigenvalue weighted by atomic mass is 10.1. The van der Waals surface area contributed by atoms with Crippen molar-refractivity contribution in [2.45, 2.75) is 13.5 Å². The summed E-state index contributed by atoms with van der Waals surface area (Å²) in [6.45, 7) is 2.41. The van der Waals surface area contributed by atoms with Crippen LogP contribution in [0.4, 0.5) is 0 Å². The van der Waals surface area contributed by atoms with E-state index in [1.165, 1.54) is 12.3 Å². The Labute approximate surface area is 126 Å². The second kappa shape index (κ2) is 6.81. The van der Waals surface area contributed by atoms with Crippen LogP contribution in [-0.2, 0) is 11.3 Å². The van der Waals surface area contributed by atoms with Gasteiger partial charge in [-0.2, -0.15) is 11.3 Å². The monoisotopic (exact) mass is 302 g/mol. The molecule has 0 saturated heterocycles. The fourth-order valence-corrected chi connectivity index (χ4v) is 2.59. The van der Waals surface area contributed by atoms with Crippen molar-refractivity contribution in [3.05, 3.63) is 57.6 Å². The highest BCUT2D eigenvalue weighted by molar-refractivity contribution is 7.08. The van der Waals surface area contributed by atoms with E-state index in [0.717, 1.165) is 17.2 Å². The number of pyridine rings is 1. The van der Waals surface area contributed by atoms with Crippen molar-refractivity contribution < 1.29 is 14.7 Å². The minimum Gasteiger partial charge on any atom is -0.478 e. The predicted octanol–water partition coefficient (Wildman–Crippen LogP) is 2.48. The number of nitrogens with one attached hydrogen (secondary N) is 1.